The quantitative estimate of drug-likeness (QED) is 0.813. The SMILES string of the molecule is CCOC(=O)C1CCCN1c1ncnc2c(C)csc12. The lowest BCUT2D eigenvalue weighted by atomic mass is 10.2. The van der Waals surface area contributed by atoms with Crippen molar-refractivity contribution in [1.29, 1.82) is 0 Å². The molecule has 106 valence electrons. The highest BCUT2D eigenvalue weighted by Crippen LogP contribution is 2.34. The van der Waals surface area contributed by atoms with Crippen LogP contribution in [0.2, 0.25) is 0 Å². The predicted molar refractivity (Wildman–Crippen MR) is 79.2 cm³/mol. The number of carbonyl (C=O) groups excluding carboxylic acids is 1. The number of thiophene rings is 1. The van der Waals surface area contributed by atoms with Gasteiger partial charge in [0.05, 0.1) is 16.8 Å². The molecule has 1 saturated heterocycles. The summed E-state index contributed by atoms with van der Waals surface area (Å²) in [6.45, 7) is 5.14. The van der Waals surface area contributed by atoms with Crippen molar-refractivity contribution in [3.8, 4) is 0 Å². The summed E-state index contributed by atoms with van der Waals surface area (Å²) in [5.74, 6) is 0.716. The molecule has 1 fully saturated rings. The van der Waals surface area contributed by atoms with Crippen LogP contribution in [0.5, 0.6) is 0 Å². The zero-order valence-electron chi connectivity index (χ0n) is 11.6. The number of anilines is 1. The van der Waals surface area contributed by atoms with Crippen LogP contribution >= 0.6 is 11.3 Å². The second-order valence-electron chi connectivity index (χ2n) is 4.90. The molecule has 1 unspecified atom stereocenters. The number of aryl methyl sites for hydroxylation is 1. The molecular weight excluding hydrogens is 274 g/mol. The number of hydrogen-bond acceptors (Lipinski definition) is 6. The highest BCUT2D eigenvalue weighted by atomic mass is 32.1. The molecular formula is C14H17N3O2S. The molecule has 5 nitrogen and oxygen atoms in total. The molecule has 3 rings (SSSR count). The second-order valence-corrected chi connectivity index (χ2v) is 5.78. The lowest BCUT2D eigenvalue weighted by Crippen LogP contribution is -2.37. The number of nitrogens with zero attached hydrogens (tertiary/aromatic N) is 3. The Hall–Kier alpha value is -1.69. The van der Waals surface area contributed by atoms with E-state index in [1.54, 1.807) is 17.7 Å². The van der Waals surface area contributed by atoms with E-state index >= 15 is 0 Å². The summed E-state index contributed by atoms with van der Waals surface area (Å²) in [6.07, 6.45) is 3.39. The highest BCUT2D eigenvalue weighted by molar-refractivity contribution is 7.18. The zero-order valence-corrected chi connectivity index (χ0v) is 12.4. The van der Waals surface area contributed by atoms with Crippen LogP contribution in [0.25, 0.3) is 10.2 Å². The number of fused-ring (bicyclic) bond motifs is 1. The normalized spacial score (nSPS) is 18.7. The average molecular weight is 291 g/mol. The molecule has 6 heteroatoms. The van der Waals surface area contributed by atoms with Crippen molar-refractivity contribution in [3.05, 3.63) is 17.3 Å². The van der Waals surface area contributed by atoms with Gasteiger partial charge < -0.3 is 9.64 Å². The van der Waals surface area contributed by atoms with Gasteiger partial charge in [-0.2, -0.15) is 0 Å². The molecule has 0 N–H and O–H groups in total. The van der Waals surface area contributed by atoms with Gasteiger partial charge in [0, 0.05) is 6.54 Å². The monoisotopic (exact) mass is 291 g/mol. The van der Waals surface area contributed by atoms with Crippen LogP contribution in [-0.4, -0.2) is 35.1 Å². The number of hydrogen-bond donors (Lipinski definition) is 0. The molecule has 1 aliphatic heterocycles. The zero-order chi connectivity index (χ0) is 14.1. The van der Waals surface area contributed by atoms with Crippen LogP contribution < -0.4 is 4.90 Å². The molecule has 0 spiro atoms. The largest absolute Gasteiger partial charge is 0.464 e. The lowest BCUT2D eigenvalue weighted by Gasteiger charge is -2.24. The van der Waals surface area contributed by atoms with Gasteiger partial charge >= 0.3 is 5.97 Å². The van der Waals surface area contributed by atoms with E-state index in [0.29, 0.717) is 6.61 Å². The smallest absolute Gasteiger partial charge is 0.328 e. The summed E-state index contributed by atoms with van der Waals surface area (Å²) >= 11 is 1.64. The van der Waals surface area contributed by atoms with Crippen molar-refractivity contribution in [2.24, 2.45) is 0 Å². The van der Waals surface area contributed by atoms with Crippen molar-refractivity contribution in [1.82, 2.24) is 9.97 Å². The van der Waals surface area contributed by atoms with E-state index in [1.807, 2.05) is 13.8 Å². The maximum absolute atomic E-state index is 12.1. The molecule has 1 atom stereocenters. The Kier molecular flexibility index (Phi) is 3.56. The third kappa shape index (κ3) is 2.14. The summed E-state index contributed by atoms with van der Waals surface area (Å²) in [4.78, 5) is 22.9. The van der Waals surface area contributed by atoms with Crippen molar-refractivity contribution < 1.29 is 9.53 Å². The van der Waals surface area contributed by atoms with E-state index < -0.39 is 0 Å². The first kappa shape index (κ1) is 13.3. The maximum atomic E-state index is 12.1. The van der Waals surface area contributed by atoms with Gasteiger partial charge in [0.1, 0.15) is 12.4 Å². The van der Waals surface area contributed by atoms with E-state index in [9.17, 15) is 4.79 Å². The molecule has 0 saturated carbocycles. The summed E-state index contributed by atoms with van der Waals surface area (Å²) in [5.41, 5.74) is 2.13. The Balaban J connectivity index is 1.99. The molecule has 2 aromatic rings. The molecule has 1 aliphatic rings. The van der Waals surface area contributed by atoms with Crippen molar-refractivity contribution in [2.75, 3.05) is 18.1 Å². The highest BCUT2D eigenvalue weighted by Gasteiger charge is 2.34. The first-order valence-electron chi connectivity index (χ1n) is 6.84. The Labute approximate surface area is 121 Å². The maximum Gasteiger partial charge on any atom is 0.328 e. The van der Waals surface area contributed by atoms with Gasteiger partial charge in [0.25, 0.3) is 0 Å². The fourth-order valence-electron chi connectivity index (χ4n) is 2.67. The predicted octanol–water partition coefficient (Wildman–Crippen LogP) is 2.53. The van der Waals surface area contributed by atoms with Crippen LogP contribution in [-0.2, 0) is 9.53 Å². The van der Waals surface area contributed by atoms with Crippen LogP contribution in [0.4, 0.5) is 5.82 Å². The molecule has 0 amide bonds. The van der Waals surface area contributed by atoms with Crippen molar-refractivity contribution in [3.63, 3.8) is 0 Å². The average Bonchev–Trinajstić information content (AvgIpc) is 3.06. The molecule has 0 bridgehead atoms. The Morgan fingerprint density at radius 2 is 2.40 bits per heavy atom. The number of aromatic nitrogens is 2. The first-order valence-corrected chi connectivity index (χ1v) is 7.72. The van der Waals surface area contributed by atoms with Crippen molar-refractivity contribution in [2.45, 2.75) is 32.7 Å². The molecule has 20 heavy (non-hydrogen) atoms. The third-order valence-corrected chi connectivity index (χ3v) is 4.68. The van der Waals surface area contributed by atoms with E-state index in [-0.39, 0.29) is 12.0 Å². The van der Waals surface area contributed by atoms with Gasteiger partial charge in [0.2, 0.25) is 0 Å². The molecule has 0 radical (unpaired) electrons. The van der Waals surface area contributed by atoms with Crippen LogP contribution in [0.15, 0.2) is 11.7 Å². The summed E-state index contributed by atoms with van der Waals surface area (Å²) < 4.78 is 6.23. The van der Waals surface area contributed by atoms with Crippen LogP contribution in [0.3, 0.4) is 0 Å². The number of carbonyl (C=O) groups is 1. The van der Waals surface area contributed by atoms with Crippen molar-refractivity contribution >= 4 is 33.3 Å². The first-order chi connectivity index (χ1) is 9.72. The number of rotatable bonds is 3. The Morgan fingerprint density at radius 3 is 3.20 bits per heavy atom. The molecule has 3 heterocycles. The second kappa shape index (κ2) is 5.36. The van der Waals surface area contributed by atoms with Gasteiger partial charge in [-0.3, -0.25) is 0 Å². The summed E-state index contributed by atoms with van der Waals surface area (Å²) in [7, 11) is 0. The summed E-state index contributed by atoms with van der Waals surface area (Å²) in [5, 5.41) is 2.08. The van der Waals surface area contributed by atoms with E-state index in [2.05, 4.69) is 20.2 Å². The van der Waals surface area contributed by atoms with Gasteiger partial charge in [0.15, 0.2) is 5.82 Å². The molecule has 2 aromatic heterocycles. The summed E-state index contributed by atoms with van der Waals surface area (Å²) in [6, 6.07) is -0.213. The minimum atomic E-state index is -0.213. The van der Waals surface area contributed by atoms with Gasteiger partial charge in [-0.25, -0.2) is 14.8 Å². The number of esters is 1. The van der Waals surface area contributed by atoms with E-state index in [0.717, 1.165) is 41.0 Å². The van der Waals surface area contributed by atoms with Crippen LogP contribution in [0, 0.1) is 6.92 Å². The minimum Gasteiger partial charge on any atom is -0.464 e. The fraction of sp³-hybridized carbons (Fsp3) is 0.500. The fourth-order valence-corrected chi connectivity index (χ4v) is 3.67. The van der Waals surface area contributed by atoms with E-state index in [1.165, 1.54) is 0 Å². The van der Waals surface area contributed by atoms with Gasteiger partial charge in [-0.15, -0.1) is 11.3 Å². The van der Waals surface area contributed by atoms with E-state index in [4.69, 9.17) is 4.74 Å². The minimum absolute atomic E-state index is 0.148. The Bertz CT molecular complexity index is 640. The topological polar surface area (TPSA) is 55.3 Å². The van der Waals surface area contributed by atoms with Gasteiger partial charge in [-0.1, -0.05) is 0 Å². The molecule has 0 aromatic carbocycles. The van der Waals surface area contributed by atoms with Crippen LogP contribution in [0.1, 0.15) is 25.3 Å². The number of ether oxygens (including phenoxy) is 1. The standard InChI is InChI=1S/C14H17N3O2S/c1-3-19-14(18)10-5-4-6-17(10)13-12-11(15-8-16-13)9(2)7-20-12/h7-8,10H,3-6H2,1-2H3. The van der Waals surface area contributed by atoms with Gasteiger partial charge in [-0.05, 0) is 37.6 Å². The molecule has 0 aliphatic carbocycles. The Morgan fingerprint density at radius 1 is 1.55 bits per heavy atom. The third-order valence-electron chi connectivity index (χ3n) is 3.60. The lowest BCUT2D eigenvalue weighted by molar-refractivity contribution is -0.144.